The molecule has 0 amide bonds. The first-order valence-electron chi connectivity index (χ1n) is 5.64. The fourth-order valence-electron chi connectivity index (χ4n) is 2.09. The molecule has 0 nitrogen and oxygen atoms in total. The zero-order valence-electron chi connectivity index (χ0n) is 9.59. The lowest BCUT2D eigenvalue weighted by Gasteiger charge is -2.10. The summed E-state index contributed by atoms with van der Waals surface area (Å²) in [5, 5.41) is -0.241. The quantitative estimate of drug-likeness (QED) is 0.570. The molecule has 0 fully saturated rings. The van der Waals surface area contributed by atoms with Crippen molar-refractivity contribution in [3.8, 4) is 0 Å². The highest BCUT2D eigenvalue weighted by atomic mass is 35.5. The van der Waals surface area contributed by atoms with Crippen LogP contribution >= 0.6 is 35.0 Å². The Labute approximate surface area is 123 Å². The van der Waals surface area contributed by atoms with Gasteiger partial charge in [0.15, 0.2) is 0 Å². The smallest absolute Gasteiger partial charge is 0.142 e. The van der Waals surface area contributed by atoms with Crippen molar-refractivity contribution in [2.75, 3.05) is 0 Å². The molecule has 5 heteroatoms. The number of benzene rings is 2. The minimum absolute atomic E-state index is 0.0575. The third-order valence-corrected chi connectivity index (χ3v) is 4.89. The van der Waals surface area contributed by atoms with Crippen LogP contribution in [0.2, 0.25) is 5.02 Å². The van der Waals surface area contributed by atoms with Crippen molar-refractivity contribution >= 4 is 35.0 Å². The zero-order chi connectivity index (χ0) is 13.6. The summed E-state index contributed by atoms with van der Waals surface area (Å²) in [5.74, 6) is -0.799. The van der Waals surface area contributed by atoms with Gasteiger partial charge in [-0.15, -0.1) is 11.6 Å². The standard InChI is InChI=1S/C14H8Cl2F2S/c15-10-3-7-1-2-8(17)4-13(7)19-14-6-12(18)11(16)5-9(10)14/h1-2,4-6,10H,3H2. The molecule has 1 aliphatic rings. The van der Waals surface area contributed by atoms with E-state index in [1.165, 1.54) is 30.0 Å². The molecular weight excluding hydrogens is 309 g/mol. The minimum atomic E-state index is -0.489. The van der Waals surface area contributed by atoms with E-state index in [2.05, 4.69) is 0 Å². The third kappa shape index (κ3) is 2.47. The van der Waals surface area contributed by atoms with E-state index in [9.17, 15) is 8.78 Å². The minimum Gasteiger partial charge on any atom is -0.207 e. The first-order chi connectivity index (χ1) is 9.04. The molecular formula is C14H8Cl2F2S. The average molecular weight is 317 g/mol. The summed E-state index contributed by atoms with van der Waals surface area (Å²) in [6, 6.07) is 7.49. The van der Waals surface area contributed by atoms with Gasteiger partial charge in [0.2, 0.25) is 0 Å². The predicted octanol–water partition coefficient (Wildman–Crippen LogP) is 5.61. The Bertz CT molecular complexity index is 658. The Hall–Kier alpha value is -0.770. The molecule has 0 spiro atoms. The van der Waals surface area contributed by atoms with Crippen LogP contribution in [0.5, 0.6) is 0 Å². The largest absolute Gasteiger partial charge is 0.207 e. The molecule has 1 atom stereocenters. The number of rotatable bonds is 0. The van der Waals surface area contributed by atoms with Gasteiger partial charge in [-0.05, 0) is 41.8 Å². The Morgan fingerprint density at radius 2 is 1.89 bits per heavy atom. The average Bonchev–Trinajstić information content (AvgIpc) is 2.48. The van der Waals surface area contributed by atoms with Crippen LogP contribution in [0.15, 0.2) is 40.1 Å². The molecule has 0 aromatic heterocycles. The van der Waals surface area contributed by atoms with E-state index in [1.807, 2.05) is 0 Å². The second-order valence-corrected chi connectivity index (χ2v) is 6.35. The second kappa shape index (κ2) is 4.97. The first kappa shape index (κ1) is 13.2. The molecule has 1 aliphatic heterocycles. The summed E-state index contributed by atoms with van der Waals surface area (Å²) in [5.41, 5.74) is 1.74. The van der Waals surface area contributed by atoms with Crippen LogP contribution in [0.3, 0.4) is 0 Å². The van der Waals surface area contributed by atoms with E-state index < -0.39 is 5.82 Å². The van der Waals surface area contributed by atoms with Crippen molar-refractivity contribution in [3.05, 3.63) is 58.1 Å². The van der Waals surface area contributed by atoms with Crippen LogP contribution in [0.25, 0.3) is 0 Å². The van der Waals surface area contributed by atoms with Crippen molar-refractivity contribution in [3.63, 3.8) is 0 Å². The maximum absolute atomic E-state index is 13.6. The molecule has 0 aliphatic carbocycles. The number of hydrogen-bond acceptors (Lipinski definition) is 1. The van der Waals surface area contributed by atoms with Crippen molar-refractivity contribution in [2.45, 2.75) is 21.6 Å². The molecule has 0 N–H and O–H groups in total. The van der Waals surface area contributed by atoms with E-state index in [-0.39, 0.29) is 16.2 Å². The summed E-state index contributed by atoms with van der Waals surface area (Å²) in [7, 11) is 0. The number of fused-ring (bicyclic) bond motifs is 2. The van der Waals surface area contributed by atoms with Crippen LogP contribution in [-0.2, 0) is 6.42 Å². The highest BCUT2D eigenvalue weighted by molar-refractivity contribution is 7.99. The molecule has 0 saturated heterocycles. The molecule has 1 unspecified atom stereocenters. The summed E-state index contributed by atoms with van der Waals surface area (Å²) in [6.45, 7) is 0. The Morgan fingerprint density at radius 3 is 2.68 bits per heavy atom. The van der Waals surface area contributed by atoms with Crippen LogP contribution < -0.4 is 0 Å². The summed E-state index contributed by atoms with van der Waals surface area (Å²) < 4.78 is 26.9. The van der Waals surface area contributed by atoms with Gasteiger partial charge in [0.1, 0.15) is 11.6 Å². The maximum Gasteiger partial charge on any atom is 0.142 e. The maximum atomic E-state index is 13.6. The Morgan fingerprint density at radius 1 is 1.11 bits per heavy atom. The van der Waals surface area contributed by atoms with E-state index in [4.69, 9.17) is 23.2 Å². The van der Waals surface area contributed by atoms with Crippen LogP contribution in [0.1, 0.15) is 16.5 Å². The molecule has 0 saturated carbocycles. The molecule has 2 aromatic carbocycles. The van der Waals surface area contributed by atoms with Gasteiger partial charge in [0.25, 0.3) is 0 Å². The van der Waals surface area contributed by atoms with Crippen molar-refractivity contribution < 1.29 is 8.78 Å². The highest BCUT2D eigenvalue weighted by Crippen LogP contribution is 2.44. The summed E-state index contributed by atoms with van der Waals surface area (Å²) >= 11 is 13.5. The molecule has 98 valence electrons. The lowest BCUT2D eigenvalue weighted by Crippen LogP contribution is -1.96. The zero-order valence-corrected chi connectivity index (χ0v) is 11.9. The van der Waals surface area contributed by atoms with Gasteiger partial charge < -0.3 is 0 Å². The van der Waals surface area contributed by atoms with Gasteiger partial charge in [-0.2, -0.15) is 0 Å². The predicted molar refractivity (Wildman–Crippen MR) is 74.2 cm³/mol. The number of halogens is 4. The monoisotopic (exact) mass is 316 g/mol. The van der Waals surface area contributed by atoms with E-state index in [0.717, 1.165) is 16.0 Å². The van der Waals surface area contributed by atoms with Crippen molar-refractivity contribution in [1.29, 1.82) is 0 Å². The summed E-state index contributed by atoms with van der Waals surface area (Å²) in [6.07, 6.45) is 0.569. The lowest BCUT2D eigenvalue weighted by molar-refractivity contribution is 0.622. The van der Waals surface area contributed by atoms with Gasteiger partial charge in [-0.25, -0.2) is 8.78 Å². The molecule has 0 radical (unpaired) electrons. The van der Waals surface area contributed by atoms with Crippen molar-refractivity contribution in [2.24, 2.45) is 0 Å². The van der Waals surface area contributed by atoms with Gasteiger partial charge in [-0.3, -0.25) is 0 Å². The molecule has 3 rings (SSSR count). The first-order valence-corrected chi connectivity index (χ1v) is 7.27. The fraction of sp³-hybridized carbons (Fsp3) is 0.143. The van der Waals surface area contributed by atoms with Gasteiger partial charge in [0, 0.05) is 9.79 Å². The lowest BCUT2D eigenvalue weighted by atomic mass is 10.0. The third-order valence-electron chi connectivity index (χ3n) is 3.04. The second-order valence-electron chi connectivity index (χ2n) is 4.33. The van der Waals surface area contributed by atoms with Gasteiger partial charge in [-0.1, -0.05) is 29.4 Å². The summed E-state index contributed by atoms with van der Waals surface area (Å²) in [4.78, 5) is 1.46. The van der Waals surface area contributed by atoms with Crippen LogP contribution in [0.4, 0.5) is 8.78 Å². The fourth-order valence-corrected chi connectivity index (χ4v) is 3.85. The van der Waals surface area contributed by atoms with Gasteiger partial charge >= 0.3 is 0 Å². The van der Waals surface area contributed by atoms with E-state index in [1.54, 1.807) is 12.1 Å². The SMILES string of the molecule is Fc1ccc2c(c1)Sc1cc(F)c(Cl)cc1C(Cl)C2. The van der Waals surface area contributed by atoms with E-state index in [0.29, 0.717) is 11.3 Å². The molecule has 1 heterocycles. The topological polar surface area (TPSA) is 0 Å². The highest BCUT2D eigenvalue weighted by Gasteiger charge is 2.23. The van der Waals surface area contributed by atoms with Crippen LogP contribution in [0, 0.1) is 11.6 Å². The van der Waals surface area contributed by atoms with E-state index >= 15 is 0 Å². The van der Waals surface area contributed by atoms with Crippen LogP contribution in [-0.4, -0.2) is 0 Å². The normalized spacial score (nSPS) is 17.6. The molecule has 2 aromatic rings. The van der Waals surface area contributed by atoms with Crippen molar-refractivity contribution in [1.82, 2.24) is 0 Å². The Kier molecular flexibility index (Phi) is 3.46. The number of alkyl halides is 1. The number of hydrogen-bond donors (Lipinski definition) is 0. The Balaban J connectivity index is 2.16. The molecule has 19 heavy (non-hydrogen) atoms. The van der Waals surface area contributed by atoms with Gasteiger partial charge in [0.05, 0.1) is 10.4 Å². The molecule has 0 bridgehead atoms.